The Bertz CT molecular complexity index is 769. The molecule has 2 aromatic heterocycles. The van der Waals surface area contributed by atoms with E-state index in [2.05, 4.69) is 33.3 Å². The molecule has 3 N–H and O–H groups in total. The number of nitrogens with one attached hydrogen (secondary N) is 1. The summed E-state index contributed by atoms with van der Waals surface area (Å²) < 4.78 is 0. The first kappa shape index (κ1) is 13.3. The molecule has 0 atom stereocenters. The van der Waals surface area contributed by atoms with Crippen LogP contribution in [0.1, 0.15) is 18.2 Å². The molecule has 1 aromatic carbocycles. The van der Waals surface area contributed by atoms with Gasteiger partial charge in [0.2, 0.25) is 0 Å². The molecular weight excluding hydrogens is 262 g/mol. The molecule has 0 aliphatic rings. The lowest BCUT2D eigenvalue weighted by atomic mass is 10.1. The van der Waals surface area contributed by atoms with Gasteiger partial charge in [0.1, 0.15) is 12.1 Å². The van der Waals surface area contributed by atoms with Gasteiger partial charge in [0.15, 0.2) is 0 Å². The Labute approximate surface area is 123 Å². The van der Waals surface area contributed by atoms with Gasteiger partial charge in [-0.05, 0) is 36.2 Å². The highest BCUT2D eigenvalue weighted by atomic mass is 15.0. The third kappa shape index (κ3) is 2.76. The van der Waals surface area contributed by atoms with E-state index in [4.69, 9.17) is 5.73 Å². The second-order valence-electron chi connectivity index (χ2n) is 4.82. The van der Waals surface area contributed by atoms with Crippen molar-refractivity contribution < 1.29 is 0 Å². The summed E-state index contributed by atoms with van der Waals surface area (Å²) in [5.74, 6) is 0.799. The van der Waals surface area contributed by atoms with E-state index in [1.807, 2.05) is 30.5 Å². The number of benzene rings is 1. The molecule has 0 radical (unpaired) electrons. The molecule has 0 aliphatic heterocycles. The van der Waals surface area contributed by atoms with Crippen LogP contribution < -0.4 is 11.1 Å². The number of aryl methyl sites for hydroxylation is 1. The molecule has 0 saturated heterocycles. The number of nitrogens with zero attached hydrogens (tertiary/aromatic N) is 3. The molecule has 3 rings (SSSR count). The van der Waals surface area contributed by atoms with Gasteiger partial charge in [-0.15, -0.1) is 0 Å². The fourth-order valence-corrected chi connectivity index (χ4v) is 2.33. The van der Waals surface area contributed by atoms with Gasteiger partial charge in [-0.1, -0.05) is 13.0 Å². The number of aromatic nitrogens is 3. The number of anilines is 2. The molecule has 0 spiro atoms. The first-order valence-electron chi connectivity index (χ1n) is 6.95. The summed E-state index contributed by atoms with van der Waals surface area (Å²) in [6.45, 7) is 2.77. The van der Waals surface area contributed by atoms with Crippen LogP contribution in [0.2, 0.25) is 0 Å². The number of nitrogen functional groups attached to an aromatic ring is 1. The summed E-state index contributed by atoms with van der Waals surface area (Å²) in [4.78, 5) is 13.0. The minimum Gasteiger partial charge on any atom is -0.399 e. The third-order valence-corrected chi connectivity index (χ3v) is 3.45. The molecule has 0 amide bonds. The zero-order chi connectivity index (χ0) is 14.7. The van der Waals surface area contributed by atoms with Crippen LogP contribution in [-0.2, 0) is 13.0 Å². The van der Waals surface area contributed by atoms with Crippen LogP contribution in [0.25, 0.3) is 10.9 Å². The van der Waals surface area contributed by atoms with E-state index in [0.29, 0.717) is 12.2 Å². The number of pyridine rings is 1. The predicted molar refractivity (Wildman–Crippen MR) is 84.9 cm³/mol. The summed E-state index contributed by atoms with van der Waals surface area (Å²) in [7, 11) is 0. The van der Waals surface area contributed by atoms with Gasteiger partial charge in [-0.3, -0.25) is 4.98 Å². The number of fused-ring (bicyclic) bond motifs is 1. The van der Waals surface area contributed by atoms with E-state index in [1.54, 1.807) is 6.33 Å². The molecule has 5 heteroatoms. The molecule has 0 aliphatic carbocycles. The molecule has 0 saturated carbocycles. The van der Waals surface area contributed by atoms with Gasteiger partial charge >= 0.3 is 0 Å². The Kier molecular flexibility index (Phi) is 3.64. The van der Waals surface area contributed by atoms with E-state index in [0.717, 1.165) is 28.8 Å². The van der Waals surface area contributed by atoms with Crippen LogP contribution in [0.3, 0.4) is 0 Å². The summed E-state index contributed by atoms with van der Waals surface area (Å²) in [5.41, 5.74) is 9.61. The first-order chi connectivity index (χ1) is 10.3. The lowest BCUT2D eigenvalue weighted by molar-refractivity contribution is 0.965. The number of hydrogen-bond acceptors (Lipinski definition) is 5. The Morgan fingerprint density at radius 3 is 2.90 bits per heavy atom. The zero-order valence-electron chi connectivity index (χ0n) is 11.9. The minimum atomic E-state index is 0.639. The summed E-state index contributed by atoms with van der Waals surface area (Å²) >= 11 is 0. The monoisotopic (exact) mass is 279 g/mol. The molecular formula is C16H17N5. The summed E-state index contributed by atoms with van der Waals surface area (Å²) in [5, 5.41) is 4.30. The lowest BCUT2D eigenvalue weighted by Gasteiger charge is -2.10. The van der Waals surface area contributed by atoms with Crippen molar-refractivity contribution in [2.75, 3.05) is 11.1 Å². The van der Waals surface area contributed by atoms with Crippen LogP contribution >= 0.6 is 0 Å². The van der Waals surface area contributed by atoms with Crippen LogP contribution in [0.15, 0.2) is 42.9 Å². The third-order valence-electron chi connectivity index (χ3n) is 3.45. The summed E-state index contributed by atoms with van der Waals surface area (Å²) in [6.07, 6.45) is 4.32. The van der Waals surface area contributed by atoms with Gasteiger partial charge in [0.05, 0.1) is 17.8 Å². The van der Waals surface area contributed by atoms with E-state index in [-0.39, 0.29) is 0 Å². The predicted octanol–water partition coefficient (Wildman–Crippen LogP) is 2.78. The Morgan fingerprint density at radius 1 is 1.14 bits per heavy atom. The number of hydrogen-bond donors (Lipinski definition) is 2. The minimum absolute atomic E-state index is 0.639. The molecule has 2 heterocycles. The molecule has 0 bridgehead atoms. The first-order valence-corrected chi connectivity index (χ1v) is 6.95. The molecule has 106 valence electrons. The number of nitrogens with two attached hydrogens (primary N) is 1. The van der Waals surface area contributed by atoms with Gasteiger partial charge in [-0.25, -0.2) is 9.97 Å². The van der Waals surface area contributed by atoms with Crippen molar-refractivity contribution in [1.29, 1.82) is 0 Å². The van der Waals surface area contributed by atoms with Crippen LogP contribution in [0.4, 0.5) is 11.5 Å². The van der Waals surface area contributed by atoms with Crippen molar-refractivity contribution in [1.82, 2.24) is 15.0 Å². The second-order valence-corrected chi connectivity index (χ2v) is 4.82. The largest absolute Gasteiger partial charge is 0.399 e. The second kappa shape index (κ2) is 5.75. The van der Waals surface area contributed by atoms with Gasteiger partial charge in [-0.2, -0.15) is 0 Å². The topological polar surface area (TPSA) is 76.7 Å². The van der Waals surface area contributed by atoms with Gasteiger partial charge < -0.3 is 11.1 Å². The maximum atomic E-state index is 5.79. The Balaban J connectivity index is 1.88. The Hall–Kier alpha value is -2.69. The highest BCUT2D eigenvalue weighted by Gasteiger charge is 2.06. The maximum Gasteiger partial charge on any atom is 0.137 e. The SMILES string of the molecule is CCc1cccnc1CNc1ncnc2cc(N)ccc12. The van der Waals surface area contributed by atoms with E-state index >= 15 is 0 Å². The number of rotatable bonds is 4. The molecule has 3 aromatic rings. The fraction of sp³-hybridized carbons (Fsp3) is 0.188. The van der Waals surface area contributed by atoms with Crippen LogP contribution in [0, 0.1) is 0 Å². The van der Waals surface area contributed by atoms with Crippen molar-refractivity contribution in [3.63, 3.8) is 0 Å². The van der Waals surface area contributed by atoms with E-state index in [9.17, 15) is 0 Å². The van der Waals surface area contributed by atoms with Crippen molar-refractivity contribution in [3.8, 4) is 0 Å². The van der Waals surface area contributed by atoms with E-state index in [1.165, 1.54) is 5.56 Å². The standard InChI is InChI=1S/C16H17N5/c1-2-11-4-3-7-18-15(11)9-19-16-13-6-5-12(17)8-14(13)20-10-21-16/h3-8,10H,2,9,17H2,1H3,(H,19,20,21). The Morgan fingerprint density at radius 2 is 2.05 bits per heavy atom. The van der Waals surface area contributed by atoms with Crippen molar-refractivity contribution >= 4 is 22.4 Å². The van der Waals surface area contributed by atoms with E-state index < -0.39 is 0 Å². The average Bonchev–Trinajstić information content (AvgIpc) is 2.52. The molecule has 21 heavy (non-hydrogen) atoms. The summed E-state index contributed by atoms with van der Waals surface area (Å²) in [6, 6.07) is 9.70. The normalized spacial score (nSPS) is 10.7. The fourth-order valence-electron chi connectivity index (χ4n) is 2.33. The highest BCUT2D eigenvalue weighted by Crippen LogP contribution is 2.21. The molecule has 5 nitrogen and oxygen atoms in total. The zero-order valence-corrected chi connectivity index (χ0v) is 11.9. The highest BCUT2D eigenvalue weighted by molar-refractivity contribution is 5.90. The molecule has 0 unspecified atom stereocenters. The molecule has 0 fully saturated rings. The van der Waals surface area contributed by atoms with Crippen molar-refractivity contribution in [2.24, 2.45) is 0 Å². The van der Waals surface area contributed by atoms with Crippen LogP contribution in [0.5, 0.6) is 0 Å². The van der Waals surface area contributed by atoms with Crippen molar-refractivity contribution in [3.05, 3.63) is 54.1 Å². The van der Waals surface area contributed by atoms with Gasteiger partial charge in [0.25, 0.3) is 0 Å². The average molecular weight is 279 g/mol. The smallest absolute Gasteiger partial charge is 0.137 e. The van der Waals surface area contributed by atoms with Crippen molar-refractivity contribution in [2.45, 2.75) is 19.9 Å². The van der Waals surface area contributed by atoms with Crippen LogP contribution in [-0.4, -0.2) is 15.0 Å². The maximum absolute atomic E-state index is 5.79. The lowest BCUT2D eigenvalue weighted by Crippen LogP contribution is -2.06. The van der Waals surface area contributed by atoms with Gasteiger partial charge in [0, 0.05) is 17.3 Å². The quantitative estimate of drug-likeness (QED) is 0.718.